The van der Waals surface area contributed by atoms with Crippen molar-refractivity contribution in [2.24, 2.45) is 0 Å². The summed E-state index contributed by atoms with van der Waals surface area (Å²) in [5.41, 5.74) is -1.69. The van der Waals surface area contributed by atoms with E-state index in [0.717, 1.165) is 61.8 Å². The van der Waals surface area contributed by atoms with Gasteiger partial charge in [-0.25, -0.2) is 35.2 Å². The fraction of sp³-hybridized carbons (Fsp3) is 0.265. The normalized spacial score (nSPS) is 13.4. The van der Waals surface area contributed by atoms with Crippen LogP contribution in [-0.2, 0) is 34.1 Å². The molecular formula is C34H28F8N4O6S. The second-order valence-electron chi connectivity index (χ2n) is 11.7. The highest BCUT2D eigenvalue weighted by atomic mass is 32.2. The number of methoxy groups -OCH3 is 1. The molecule has 0 unspecified atom stereocenters. The molecule has 4 aromatic rings. The number of alkyl halides is 3. The first kappa shape index (κ1) is 38.9. The molecule has 10 nitrogen and oxygen atoms in total. The number of hydrogen-bond acceptors (Lipinski definition) is 7. The van der Waals surface area contributed by atoms with Crippen LogP contribution in [0, 0.1) is 29.1 Å². The molecule has 0 radical (unpaired) electrons. The maximum Gasteiger partial charge on any atom is 0.416 e. The van der Waals surface area contributed by atoms with Crippen LogP contribution < -0.4 is 14.5 Å². The van der Waals surface area contributed by atoms with Crippen LogP contribution in [0.25, 0.3) is 0 Å². The molecular weight excluding hydrogens is 744 g/mol. The number of halogens is 8. The van der Waals surface area contributed by atoms with Crippen molar-refractivity contribution in [1.29, 1.82) is 0 Å². The average molecular weight is 773 g/mol. The smallest absolute Gasteiger partial charge is 0.416 e. The van der Waals surface area contributed by atoms with Crippen LogP contribution in [0.3, 0.4) is 0 Å². The molecule has 1 amide bonds. The maximum atomic E-state index is 15.0. The number of carboxylic acid groups (broad SMARTS) is 1. The van der Waals surface area contributed by atoms with Crippen molar-refractivity contribution in [2.75, 3.05) is 36.5 Å². The number of amides is 1. The SMILES string of the molecule is COc1cc(C(=O)O)ccc1N(Cc1cccc(N2CCCC2)c1)C(=O)CN(Cc1cnccc1C(F)(F)F)S(=O)(=O)c1c(F)c(F)c(F)c(F)c1F. The lowest BCUT2D eigenvalue weighted by Gasteiger charge is -2.29. The highest BCUT2D eigenvalue weighted by Crippen LogP contribution is 2.36. The second kappa shape index (κ2) is 15.4. The monoisotopic (exact) mass is 772 g/mol. The summed E-state index contributed by atoms with van der Waals surface area (Å²) >= 11 is 0. The minimum atomic E-state index is -6.04. The van der Waals surface area contributed by atoms with Crippen molar-refractivity contribution in [3.05, 3.63) is 112 Å². The topological polar surface area (TPSA) is 120 Å². The summed E-state index contributed by atoms with van der Waals surface area (Å²) in [7, 11) is -4.91. The molecule has 0 atom stereocenters. The Morgan fingerprint density at radius 2 is 1.55 bits per heavy atom. The molecule has 1 aliphatic heterocycles. The summed E-state index contributed by atoms with van der Waals surface area (Å²) in [6, 6.07) is 10.5. The Hall–Kier alpha value is -5.30. The van der Waals surface area contributed by atoms with E-state index in [0.29, 0.717) is 24.0 Å². The van der Waals surface area contributed by atoms with Gasteiger partial charge in [-0.15, -0.1) is 0 Å². The van der Waals surface area contributed by atoms with Gasteiger partial charge in [0.1, 0.15) is 5.75 Å². The first-order valence-corrected chi connectivity index (χ1v) is 17.0. The number of carboxylic acids is 1. The Morgan fingerprint density at radius 3 is 2.15 bits per heavy atom. The zero-order valence-electron chi connectivity index (χ0n) is 27.4. The summed E-state index contributed by atoms with van der Waals surface area (Å²) in [6.07, 6.45) is -2.03. The van der Waals surface area contributed by atoms with Gasteiger partial charge < -0.3 is 19.6 Å². The van der Waals surface area contributed by atoms with Gasteiger partial charge in [-0.2, -0.15) is 17.5 Å². The number of carbonyl (C=O) groups is 2. The fourth-order valence-corrected chi connectivity index (χ4v) is 7.25. The summed E-state index contributed by atoms with van der Waals surface area (Å²) in [6.45, 7) is -1.96. The van der Waals surface area contributed by atoms with Crippen molar-refractivity contribution >= 4 is 33.3 Å². The third-order valence-electron chi connectivity index (χ3n) is 8.38. The minimum absolute atomic E-state index is 0.167. The van der Waals surface area contributed by atoms with Gasteiger partial charge in [-0.1, -0.05) is 12.1 Å². The minimum Gasteiger partial charge on any atom is -0.495 e. The van der Waals surface area contributed by atoms with E-state index < -0.39 is 92.8 Å². The van der Waals surface area contributed by atoms with Crippen LogP contribution >= 0.6 is 0 Å². The van der Waals surface area contributed by atoms with Gasteiger partial charge in [-0.3, -0.25) is 9.78 Å². The van der Waals surface area contributed by atoms with Gasteiger partial charge in [-0.05, 0) is 60.4 Å². The average Bonchev–Trinajstić information content (AvgIpc) is 3.67. The number of hydrogen-bond donors (Lipinski definition) is 1. The Labute approximate surface area is 296 Å². The fourth-order valence-electron chi connectivity index (χ4n) is 5.77. The third kappa shape index (κ3) is 8.04. The number of benzene rings is 3. The van der Waals surface area contributed by atoms with Crippen LogP contribution in [0.1, 0.15) is 39.9 Å². The van der Waals surface area contributed by atoms with E-state index in [1.807, 2.05) is 0 Å². The van der Waals surface area contributed by atoms with Gasteiger partial charge in [0.15, 0.2) is 28.2 Å². The number of carbonyl (C=O) groups excluding carboxylic acids is 1. The van der Waals surface area contributed by atoms with Crippen molar-refractivity contribution in [1.82, 2.24) is 9.29 Å². The van der Waals surface area contributed by atoms with Gasteiger partial charge in [0.05, 0.1) is 37.0 Å². The first-order valence-electron chi connectivity index (χ1n) is 15.5. The van der Waals surface area contributed by atoms with E-state index in [9.17, 15) is 58.2 Å². The summed E-state index contributed by atoms with van der Waals surface area (Å²) in [4.78, 5) is 30.1. The summed E-state index contributed by atoms with van der Waals surface area (Å²) in [5.74, 6) is -16.6. The van der Waals surface area contributed by atoms with E-state index in [1.54, 1.807) is 24.3 Å². The van der Waals surface area contributed by atoms with E-state index in [-0.39, 0.29) is 21.3 Å². The van der Waals surface area contributed by atoms with E-state index in [1.165, 1.54) is 0 Å². The summed E-state index contributed by atoms with van der Waals surface area (Å²) in [5, 5.41) is 9.51. The van der Waals surface area contributed by atoms with Gasteiger partial charge in [0.25, 0.3) is 0 Å². The quantitative estimate of drug-likeness (QED) is 0.0982. The third-order valence-corrected chi connectivity index (χ3v) is 10.2. The lowest BCUT2D eigenvalue weighted by atomic mass is 10.1. The number of ether oxygens (including phenoxy) is 1. The maximum absolute atomic E-state index is 15.0. The number of pyridine rings is 1. The molecule has 1 aliphatic rings. The van der Waals surface area contributed by atoms with Gasteiger partial charge in [0.2, 0.25) is 21.7 Å². The lowest BCUT2D eigenvalue weighted by molar-refractivity contribution is -0.138. The molecule has 1 saturated heterocycles. The number of rotatable bonds is 12. The molecule has 53 heavy (non-hydrogen) atoms. The van der Waals surface area contributed by atoms with Gasteiger partial charge in [0, 0.05) is 37.7 Å². The molecule has 282 valence electrons. The molecule has 1 fully saturated rings. The molecule has 1 aromatic heterocycles. The molecule has 0 aliphatic carbocycles. The second-order valence-corrected chi connectivity index (χ2v) is 13.6. The molecule has 2 heterocycles. The molecule has 3 aromatic carbocycles. The Balaban J connectivity index is 1.66. The molecule has 1 N–H and O–H groups in total. The predicted octanol–water partition coefficient (Wildman–Crippen LogP) is 6.53. The molecule has 0 saturated carbocycles. The standard InChI is InChI=1S/C34H28F8N4O6S/c1-52-25-14-20(33(48)49)7-8-24(25)46(16-19-5-4-6-22(13-19)44-11-2-3-12-44)26(47)18-45(17-21-15-43-10-9-23(21)34(40,41)42)53(50,51)32-30(38)28(36)27(35)29(37)31(32)39/h4-10,13-15H,2-3,11-12,16-18H2,1H3,(H,48,49). The van der Waals surface area contributed by atoms with Crippen LogP contribution in [0.2, 0.25) is 0 Å². The van der Waals surface area contributed by atoms with Crippen LogP contribution in [0.15, 0.2) is 65.8 Å². The Bertz CT molecular complexity index is 2130. The predicted molar refractivity (Wildman–Crippen MR) is 172 cm³/mol. The van der Waals surface area contributed by atoms with Crippen LogP contribution in [0.5, 0.6) is 5.75 Å². The van der Waals surface area contributed by atoms with Crippen molar-refractivity contribution in [3.8, 4) is 5.75 Å². The molecule has 0 bridgehead atoms. The molecule has 5 rings (SSSR count). The van der Waals surface area contributed by atoms with E-state index in [2.05, 4.69) is 9.88 Å². The number of anilines is 2. The van der Waals surface area contributed by atoms with E-state index >= 15 is 0 Å². The van der Waals surface area contributed by atoms with Crippen molar-refractivity contribution in [3.63, 3.8) is 0 Å². The Kier molecular flexibility index (Phi) is 11.3. The van der Waals surface area contributed by atoms with Crippen LogP contribution in [-0.4, -0.2) is 61.4 Å². The highest BCUT2D eigenvalue weighted by molar-refractivity contribution is 7.89. The largest absolute Gasteiger partial charge is 0.495 e. The number of aromatic nitrogens is 1. The molecule has 0 spiro atoms. The highest BCUT2D eigenvalue weighted by Gasteiger charge is 2.41. The zero-order valence-corrected chi connectivity index (χ0v) is 28.2. The van der Waals surface area contributed by atoms with Crippen molar-refractivity contribution < 1.29 is 63.0 Å². The first-order chi connectivity index (χ1) is 24.9. The number of sulfonamides is 1. The van der Waals surface area contributed by atoms with Crippen molar-refractivity contribution in [2.45, 2.75) is 37.0 Å². The summed E-state index contributed by atoms with van der Waals surface area (Å²) < 4.78 is 147. The number of aromatic carboxylic acids is 1. The van der Waals surface area contributed by atoms with Gasteiger partial charge >= 0.3 is 12.1 Å². The Morgan fingerprint density at radius 1 is 0.906 bits per heavy atom. The van der Waals surface area contributed by atoms with Crippen LogP contribution in [0.4, 0.5) is 46.5 Å². The zero-order chi connectivity index (χ0) is 38.8. The number of nitrogens with zero attached hydrogens (tertiary/aromatic N) is 4. The lowest BCUT2D eigenvalue weighted by Crippen LogP contribution is -2.43. The molecule has 19 heteroatoms. The van der Waals surface area contributed by atoms with E-state index in [4.69, 9.17) is 4.74 Å².